The number of furan rings is 1. The molecule has 1 aromatic heterocycles. The molecule has 0 unspecified atom stereocenters. The van der Waals surface area contributed by atoms with Gasteiger partial charge in [-0.3, -0.25) is 9.69 Å². The van der Waals surface area contributed by atoms with Crippen molar-refractivity contribution >= 4 is 5.91 Å². The fraction of sp³-hybridized carbons (Fsp3) is 0.618. The summed E-state index contributed by atoms with van der Waals surface area (Å²) in [5.74, 6) is 7.93. The Morgan fingerprint density at radius 3 is 2.37 bits per heavy atom. The lowest BCUT2D eigenvalue weighted by Gasteiger charge is -2.41. The molecular formula is C34H48N2O2. The molecule has 1 saturated heterocycles. The van der Waals surface area contributed by atoms with E-state index in [2.05, 4.69) is 65.8 Å². The van der Waals surface area contributed by atoms with Gasteiger partial charge in [-0.25, -0.2) is 0 Å². The maximum atomic E-state index is 14.0. The molecule has 206 valence electrons. The molecule has 0 spiro atoms. The Morgan fingerprint density at radius 2 is 1.71 bits per heavy atom. The minimum absolute atomic E-state index is 0.195. The van der Waals surface area contributed by atoms with Crippen LogP contribution in [0.5, 0.6) is 0 Å². The second kappa shape index (κ2) is 15.2. The molecular weight excluding hydrogens is 468 g/mol. The molecule has 0 atom stereocenters. The minimum Gasteiger partial charge on any atom is -0.472 e. The Labute approximate surface area is 231 Å². The zero-order chi connectivity index (χ0) is 26.6. The van der Waals surface area contributed by atoms with Crippen molar-refractivity contribution < 1.29 is 9.21 Å². The number of rotatable bonds is 11. The topological polar surface area (TPSA) is 36.7 Å². The van der Waals surface area contributed by atoms with Gasteiger partial charge in [-0.1, -0.05) is 63.5 Å². The number of unbranched alkanes of at least 4 members (excludes halogenated alkanes) is 3. The number of nitrogens with zero attached hydrogens (tertiary/aromatic N) is 2. The summed E-state index contributed by atoms with van der Waals surface area (Å²) in [7, 11) is 0. The SMILES string of the molecule is CCCC#Cc1ccc(CN(C(=O)[C@H]2CC[C@H](CCCCC)CC2)C2CCN(Cc3ccoc3)CC2)cc1. The second-order valence-corrected chi connectivity index (χ2v) is 11.6. The first-order chi connectivity index (χ1) is 18.7. The van der Waals surface area contributed by atoms with Crippen molar-refractivity contribution in [3.8, 4) is 11.8 Å². The first kappa shape index (κ1) is 28.5. The van der Waals surface area contributed by atoms with E-state index >= 15 is 0 Å². The lowest BCUT2D eigenvalue weighted by Crippen LogP contribution is -2.49. The van der Waals surface area contributed by atoms with Gasteiger partial charge in [0.25, 0.3) is 0 Å². The summed E-state index contributed by atoms with van der Waals surface area (Å²) in [5, 5.41) is 0. The Bertz CT molecular complexity index is 1000. The summed E-state index contributed by atoms with van der Waals surface area (Å²) in [4.78, 5) is 18.8. The van der Waals surface area contributed by atoms with E-state index in [0.29, 0.717) is 18.5 Å². The van der Waals surface area contributed by atoms with Gasteiger partial charge >= 0.3 is 0 Å². The summed E-state index contributed by atoms with van der Waals surface area (Å²) in [6, 6.07) is 11.0. The van der Waals surface area contributed by atoms with Gasteiger partial charge in [-0.15, -0.1) is 0 Å². The molecule has 1 aliphatic carbocycles. The lowest BCUT2D eigenvalue weighted by atomic mass is 9.79. The van der Waals surface area contributed by atoms with Gasteiger partial charge in [-0.2, -0.15) is 0 Å². The van der Waals surface area contributed by atoms with Crippen LogP contribution in [0.15, 0.2) is 47.3 Å². The number of amides is 1. The van der Waals surface area contributed by atoms with E-state index in [1.807, 2.05) is 6.26 Å². The lowest BCUT2D eigenvalue weighted by molar-refractivity contribution is -0.141. The van der Waals surface area contributed by atoms with Gasteiger partial charge in [0.1, 0.15) is 0 Å². The zero-order valence-corrected chi connectivity index (χ0v) is 23.8. The molecule has 0 N–H and O–H groups in total. The number of carbonyl (C=O) groups is 1. The van der Waals surface area contributed by atoms with E-state index in [1.165, 1.54) is 49.7 Å². The number of likely N-dealkylation sites (tertiary alicyclic amines) is 1. The van der Waals surface area contributed by atoms with Crippen LogP contribution in [0, 0.1) is 23.7 Å². The highest BCUT2D eigenvalue weighted by Crippen LogP contribution is 2.34. The second-order valence-electron chi connectivity index (χ2n) is 11.6. The third kappa shape index (κ3) is 8.50. The van der Waals surface area contributed by atoms with E-state index in [0.717, 1.165) is 69.6 Å². The normalized spacial score (nSPS) is 20.6. The molecule has 4 rings (SSSR count). The molecule has 2 fully saturated rings. The van der Waals surface area contributed by atoms with Crippen molar-refractivity contribution in [3.05, 3.63) is 59.5 Å². The standard InChI is InChI=1S/C34H48N2O2/c1-3-5-7-9-28-11-13-30(14-12-28)26-36(33-19-22-35(23-20-33)25-31-21-24-38-27-31)34(37)32-17-15-29(16-18-32)10-8-6-4-2/h11-14,21,24,27,29,32-33H,3-6,8,10,15-20,22-23,25-26H2,1-2H3/t29-,32-. The first-order valence-electron chi connectivity index (χ1n) is 15.3. The highest BCUT2D eigenvalue weighted by atomic mass is 16.3. The van der Waals surface area contributed by atoms with Gasteiger partial charge in [-0.05, 0) is 74.6 Å². The molecule has 2 aromatic rings. The van der Waals surface area contributed by atoms with Crippen LogP contribution in [-0.4, -0.2) is 34.8 Å². The Kier molecular flexibility index (Phi) is 11.4. The molecule has 38 heavy (non-hydrogen) atoms. The Hall–Kier alpha value is -2.51. The quantitative estimate of drug-likeness (QED) is 0.226. The predicted octanol–water partition coefficient (Wildman–Crippen LogP) is 7.81. The van der Waals surface area contributed by atoms with Gasteiger partial charge in [0.05, 0.1) is 12.5 Å². The third-order valence-electron chi connectivity index (χ3n) is 8.59. The van der Waals surface area contributed by atoms with Crippen molar-refractivity contribution in [2.45, 2.75) is 110 Å². The number of carbonyl (C=O) groups excluding carboxylic acids is 1. The molecule has 1 amide bonds. The van der Waals surface area contributed by atoms with E-state index in [-0.39, 0.29) is 5.92 Å². The van der Waals surface area contributed by atoms with Crippen molar-refractivity contribution in [3.63, 3.8) is 0 Å². The van der Waals surface area contributed by atoms with Gasteiger partial charge < -0.3 is 9.32 Å². The number of benzene rings is 1. The molecule has 2 heterocycles. The first-order valence-corrected chi connectivity index (χ1v) is 15.3. The van der Waals surface area contributed by atoms with Crippen LogP contribution in [-0.2, 0) is 17.9 Å². The maximum absolute atomic E-state index is 14.0. The molecule has 4 heteroatoms. The van der Waals surface area contributed by atoms with E-state index in [4.69, 9.17) is 4.42 Å². The van der Waals surface area contributed by atoms with Crippen LogP contribution in [0.2, 0.25) is 0 Å². The smallest absolute Gasteiger partial charge is 0.226 e. The van der Waals surface area contributed by atoms with Crippen LogP contribution in [0.1, 0.15) is 108 Å². The maximum Gasteiger partial charge on any atom is 0.226 e. The average molecular weight is 517 g/mol. The van der Waals surface area contributed by atoms with Gasteiger partial charge in [0.2, 0.25) is 5.91 Å². The van der Waals surface area contributed by atoms with E-state index < -0.39 is 0 Å². The van der Waals surface area contributed by atoms with Crippen molar-refractivity contribution in [2.75, 3.05) is 13.1 Å². The Morgan fingerprint density at radius 1 is 0.947 bits per heavy atom. The van der Waals surface area contributed by atoms with E-state index in [9.17, 15) is 4.79 Å². The van der Waals surface area contributed by atoms with Crippen LogP contribution in [0.4, 0.5) is 0 Å². The van der Waals surface area contributed by atoms with E-state index in [1.54, 1.807) is 6.26 Å². The molecule has 1 saturated carbocycles. The van der Waals surface area contributed by atoms with Gasteiger partial charge in [0.15, 0.2) is 0 Å². The summed E-state index contributed by atoms with van der Waals surface area (Å²) in [5.41, 5.74) is 3.51. The average Bonchev–Trinajstić information content (AvgIpc) is 3.46. The van der Waals surface area contributed by atoms with Crippen LogP contribution in [0.25, 0.3) is 0 Å². The van der Waals surface area contributed by atoms with Gasteiger partial charge in [0, 0.05) is 55.7 Å². The fourth-order valence-corrected chi connectivity index (χ4v) is 6.21. The van der Waals surface area contributed by atoms with Crippen molar-refractivity contribution in [1.29, 1.82) is 0 Å². The van der Waals surface area contributed by atoms with Crippen LogP contribution < -0.4 is 0 Å². The molecule has 1 aliphatic heterocycles. The predicted molar refractivity (Wildman–Crippen MR) is 155 cm³/mol. The van der Waals surface area contributed by atoms with Crippen LogP contribution >= 0.6 is 0 Å². The number of hydrogen-bond donors (Lipinski definition) is 0. The largest absolute Gasteiger partial charge is 0.472 e. The van der Waals surface area contributed by atoms with Crippen molar-refractivity contribution in [2.24, 2.45) is 11.8 Å². The minimum atomic E-state index is 0.195. The van der Waals surface area contributed by atoms with Crippen LogP contribution in [0.3, 0.4) is 0 Å². The zero-order valence-electron chi connectivity index (χ0n) is 23.8. The summed E-state index contributed by atoms with van der Waals surface area (Å²) in [6.07, 6.45) is 17.6. The number of hydrogen-bond acceptors (Lipinski definition) is 3. The molecule has 0 radical (unpaired) electrons. The molecule has 0 bridgehead atoms. The van der Waals surface area contributed by atoms with Crippen molar-refractivity contribution in [1.82, 2.24) is 9.80 Å². The third-order valence-corrected chi connectivity index (χ3v) is 8.59. The summed E-state index contributed by atoms with van der Waals surface area (Å²) in [6.45, 7) is 8.12. The highest BCUT2D eigenvalue weighted by molar-refractivity contribution is 5.79. The molecule has 4 nitrogen and oxygen atoms in total. The molecule has 1 aromatic carbocycles. The summed E-state index contributed by atoms with van der Waals surface area (Å²) >= 11 is 0. The Balaban J connectivity index is 1.39. The highest BCUT2D eigenvalue weighted by Gasteiger charge is 2.34. The summed E-state index contributed by atoms with van der Waals surface area (Å²) < 4.78 is 5.26. The monoisotopic (exact) mass is 516 g/mol. The number of piperidine rings is 1. The molecule has 2 aliphatic rings. The fourth-order valence-electron chi connectivity index (χ4n) is 6.21.